The summed E-state index contributed by atoms with van der Waals surface area (Å²) in [5.41, 5.74) is 0. The van der Waals surface area contributed by atoms with Crippen molar-refractivity contribution in [1.29, 1.82) is 0 Å². The fourth-order valence-corrected chi connectivity index (χ4v) is 3.61. The smallest absolute Gasteiger partial charge is 0.223 e. The van der Waals surface area contributed by atoms with Gasteiger partial charge >= 0.3 is 0 Å². The van der Waals surface area contributed by atoms with Gasteiger partial charge in [0.2, 0.25) is 5.91 Å². The van der Waals surface area contributed by atoms with E-state index in [0.29, 0.717) is 0 Å². The number of nitrogens with zero attached hydrogens (tertiary/aromatic N) is 1. The Balaban J connectivity index is 1.58. The third-order valence-corrected chi connectivity index (χ3v) is 5.17. The van der Waals surface area contributed by atoms with E-state index in [4.69, 9.17) is 0 Å². The summed E-state index contributed by atoms with van der Waals surface area (Å²) in [7, 11) is 0. The summed E-state index contributed by atoms with van der Waals surface area (Å²) >= 11 is 1.77. The van der Waals surface area contributed by atoms with Crippen LogP contribution in [0.2, 0.25) is 0 Å². The highest BCUT2D eigenvalue weighted by molar-refractivity contribution is 7.09. The molecule has 20 heavy (non-hydrogen) atoms. The number of hydrogen-bond acceptors (Lipinski definition) is 4. The van der Waals surface area contributed by atoms with Gasteiger partial charge in [0, 0.05) is 42.5 Å². The van der Waals surface area contributed by atoms with Crippen LogP contribution in [0.25, 0.3) is 0 Å². The van der Waals surface area contributed by atoms with Crippen LogP contribution >= 0.6 is 11.3 Å². The Bertz CT molecular complexity index is 445. The number of carbonyl (C=O) groups is 1. The molecule has 0 radical (unpaired) electrons. The molecule has 2 heterocycles. The maximum atomic E-state index is 11.9. The highest BCUT2D eigenvalue weighted by Gasteiger charge is 2.35. The van der Waals surface area contributed by atoms with Gasteiger partial charge in [0.15, 0.2) is 0 Å². The summed E-state index contributed by atoms with van der Waals surface area (Å²) in [6.07, 6.45) is 3.01. The molecule has 0 aromatic carbocycles. The Kier molecular flexibility index (Phi) is 4.38. The van der Waals surface area contributed by atoms with Crippen molar-refractivity contribution in [2.75, 3.05) is 19.7 Å². The fraction of sp³-hybridized carbons (Fsp3) is 0.667. The second kappa shape index (κ2) is 6.24. The summed E-state index contributed by atoms with van der Waals surface area (Å²) in [5.74, 6) is 0.630. The minimum absolute atomic E-state index is 0.0989. The molecule has 1 saturated carbocycles. The Morgan fingerprint density at radius 1 is 1.45 bits per heavy atom. The van der Waals surface area contributed by atoms with Crippen molar-refractivity contribution in [2.45, 2.75) is 31.8 Å². The minimum atomic E-state index is 0.0989. The molecule has 5 heteroatoms. The average Bonchev–Trinajstić information content (AvgIpc) is 3.19. The van der Waals surface area contributed by atoms with Gasteiger partial charge in [0.05, 0.1) is 0 Å². The molecule has 1 saturated heterocycles. The summed E-state index contributed by atoms with van der Waals surface area (Å²) in [6.45, 7) is 2.97. The monoisotopic (exact) mass is 294 g/mol. The molecule has 0 spiro atoms. The molecule has 1 aliphatic heterocycles. The quantitative estimate of drug-likeness (QED) is 0.864. The average molecular weight is 294 g/mol. The number of aliphatic hydroxyl groups excluding tert-OH is 1. The van der Waals surface area contributed by atoms with E-state index in [1.165, 1.54) is 4.88 Å². The second-order valence-electron chi connectivity index (χ2n) is 5.94. The van der Waals surface area contributed by atoms with Crippen LogP contribution in [-0.2, 0) is 11.3 Å². The zero-order chi connectivity index (χ0) is 13.9. The first kappa shape index (κ1) is 14.0. The van der Waals surface area contributed by atoms with E-state index >= 15 is 0 Å². The first-order valence-electron chi connectivity index (χ1n) is 7.42. The summed E-state index contributed by atoms with van der Waals surface area (Å²) < 4.78 is 0. The molecule has 0 unspecified atom stereocenters. The number of likely N-dealkylation sites (tertiary alicyclic amines) is 1. The lowest BCUT2D eigenvalue weighted by molar-refractivity contribution is -0.124. The zero-order valence-corrected chi connectivity index (χ0v) is 12.4. The number of piperidine rings is 1. The van der Waals surface area contributed by atoms with Crippen molar-refractivity contribution in [2.24, 2.45) is 11.8 Å². The van der Waals surface area contributed by atoms with Crippen LogP contribution in [0.5, 0.6) is 0 Å². The SMILES string of the molecule is O=C(N[C@@H]1CN(Cc2cccs2)CC[C@@H]1CO)C1CC1. The molecule has 3 rings (SSSR count). The molecule has 1 aromatic rings. The molecule has 110 valence electrons. The summed E-state index contributed by atoms with van der Waals surface area (Å²) in [6, 6.07) is 4.33. The highest BCUT2D eigenvalue weighted by atomic mass is 32.1. The zero-order valence-electron chi connectivity index (χ0n) is 11.6. The number of hydrogen-bond donors (Lipinski definition) is 2. The molecule has 1 aliphatic carbocycles. The predicted molar refractivity (Wildman–Crippen MR) is 79.4 cm³/mol. The van der Waals surface area contributed by atoms with Crippen LogP contribution in [0, 0.1) is 11.8 Å². The molecule has 2 N–H and O–H groups in total. The number of nitrogens with one attached hydrogen (secondary N) is 1. The Morgan fingerprint density at radius 2 is 2.30 bits per heavy atom. The van der Waals surface area contributed by atoms with Crippen molar-refractivity contribution in [3.8, 4) is 0 Å². The number of aliphatic hydroxyl groups is 1. The van der Waals surface area contributed by atoms with Crippen molar-refractivity contribution in [3.63, 3.8) is 0 Å². The molecular formula is C15H22N2O2S. The number of amides is 1. The Morgan fingerprint density at radius 3 is 2.95 bits per heavy atom. The second-order valence-corrected chi connectivity index (χ2v) is 6.97. The summed E-state index contributed by atoms with van der Waals surface area (Å²) in [4.78, 5) is 15.7. The van der Waals surface area contributed by atoms with Gasteiger partial charge in [-0.1, -0.05) is 6.07 Å². The van der Waals surface area contributed by atoms with Crippen molar-refractivity contribution in [3.05, 3.63) is 22.4 Å². The van der Waals surface area contributed by atoms with Crippen LogP contribution in [0.3, 0.4) is 0 Å². The third-order valence-electron chi connectivity index (χ3n) is 4.31. The molecule has 0 bridgehead atoms. The standard InChI is InChI=1S/C15H22N2O2S/c18-10-12-5-6-17(8-13-2-1-7-20-13)9-14(12)16-15(19)11-3-4-11/h1-2,7,11-12,14,18H,3-6,8-10H2,(H,16,19)/t12-,14-/m1/s1. The molecule has 4 nitrogen and oxygen atoms in total. The van der Waals surface area contributed by atoms with Crippen molar-refractivity contribution >= 4 is 17.2 Å². The normalized spacial score (nSPS) is 27.4. The van der Waals surface area contributed by atoms with E-state index in [1.807, 2.05) is 0 Å². The Hall–Kier alpha value is -0.910. The lowest BCUT2D eigenvalue weighted by Gasteiger charge is -2.38. The first-order chi connectivity index (χ1) is 9.76. The largest absolute Gasteiger partial charge is 0.396 e. The van der Waals surface area contributed by atoms with Gasteiger partial charge in [-0.05, 0) is 37.3 Å². The summed E-state index contributed by atoms with van der Waals surface area (Å²) in [5, 5.41) is 14.8. The lowest BCUT2D eigenvalue weighted by Crippen LogP contribution is -2.53. The molecule has 2 aliphatic rings. The number of rotatable bonds is 5. The van der Waals surface area contributed by atoms with E-state index in [1.54, 1.807) is 11.3 Å². The maximum absolute atomic E-state index is 11.9. The van der Waals surface area contributed by atoms with Crippen LogP contribution < -0.4 is 5.32 Å². The van der Waals surface area contributed by atoms with Gasteiger partial charge < -0.3 is 10.4 Å². The van der Waals surface area contributed by atoms with Gasteiger partial charge in [0.25, 0.3) is 0 Å². The van der Waals surface area contributed by atoms with Gasteiger partial charge in [0.1, 0.15) is 0 Å². The molecule has 1 amide bonds. The lowest BCUT2D eigenvalue weighted by atomic mass is 9.92. The third kappa shape index (κ3) is 3.40. The molecule has 2 atom stereocenters. The predicted octanol–water partition coefficient (Wildman–Crippen LogP) is 1.46. The van der Waals surface area contributed by atoms with Crippen molar-refractivity contribution < 1.29 is 9.90 Å². The van der Waals surface area contributed by atoms with E-state index in [9.17, 15) is 9.90 Å². The first-order valence-corrected chi connectivity index (χ1v) is 8.30. The van der Waals surface area contributed by atoms with Crippen LogP contribution in [0.15, 0.2) is 17.5 Å². The topological polar surface area (TPSA) is 52.6 Å². The van der Waals surface area contributed by atoms with E-state index in [0.717, 1.165) is 38.9 Å². The van der Waals surface area contributed by atoms with E-state index in [2.05, 4.69) is 27.7 Å². The van der Waals surface area contributed by atoms with E-state index < -0.39 is 0 Å². The van der Waals surface area contributed by atoms with Gasteiger partial charge in [-0.2, -0.15) is 0 Å². The number of thiophene rings is 1. The molecule has 1 aromatic heterocycles. The van der Waals surface area contributed by atoms with Gasteiger partial charge in [-0.3, -0.25) is 9.69 Å². The van der Waals surface area contributed by atoms with Gasteiger partial charge in [-0.15, -0.1) is 11.3 Å². The Labute approximate surface area is 123 Å². The highest BCUT2D eigenvalue weighted by Crippen LogP contribution is 2.30. The minimum Gasteiger partial charge on any atom is -0.396 e. The van der Waals surface area contributed by atoms with Crippen molar-refractivity contribution in [1.82, 2.24) is 10.2 Å². The van der Waals surface area contributed by atoms with Crippen LogP contribution in [-0.4, -0.2) is 41.7 Å². The van der Waals surface area contributed by atoms with Gasteiger partial charge in [-0.25, -0.2) is 0 Å². The number of carbonyl (C=O) groups excluding carboxylic acids is 1. The van der Waals surface area contributed by atoms with E-state index in [-0.39, 0.29) is 30.4 Å². The fourth-order valence-electron chi connectivity index (χ4n) is 2.86. The van der Waals surface area contributed by atoms with Crippen LogP contribution in [0.1, 0.15) is 24.1 Å². The maximum Gasteiger partial charge on any atom is 0.223 e. The van der Waals surface area contributed by atoms with Crippen LogP contribution in [0.4, 0.5) is 0 Å². The molecular weight excluding hydrogens is 272 g/mol. The molecule has 2 fully saturated rings.